The van der Waals surface area contributed by atoms with Gasteiger partial charge in [-0.15, -0.1) is 0 Å². The van der Waals surface area contributed by atoms with Gasteiger partial charge in [-0.2, -0.15) is 0 Å². The van der Waals surface area contributed by atoms with Crippen molar-refractivity contribution in [1.29, 1.82) is 0 Å². The number of hydrogen-bond donors (Lipinski definition) is 2. The van der Waals surface area contributed by atoms with E-state index in [1.165, 1.54) is 11.6 Å². The van der Waals surface area contributed by atoms with Crippen LogP contribution in [-0.4, -0.2) is 58.8 Å². The topological polar surface area (TPSA) is 38.7 Å². The summed E-state index contributed by atoms with van der Waals surface area (Å²) in [5, 5.41) is 14.9. The lowest BCUT2D eigenvalue weighted by atomic mass is 9.88. The highest BCUT2D eigenvalue weighted by Crippen LogP contribution is 2.35. The summed E-state index contributed by atoms with van der Waals surface area (Å²) in [6.07, 6.45) is 2.63. The molecular formula is C23H28FN3OS. The molecule has 1 unspecified atom stereocenters. The Balaban J connectivity index is 1.57. The average molecular weight is 414 g/mol. The smallest absolute Gasteiger partial charge is 0.169 e. The molecule has 154 valence electrons. The van der Waals surface area contributed by atoms with E-state index in [0.717, 1.165) is 43.5 Å². The van der Waals surface area contributed by atoms with Crippen LogP contribution in [0.25, 0.3) is 0 Å². The van der Waals surface area contributed by atoms with E-state index in [9.17, 15) is 9.50 Å². The Hall–Kier alpha value is -2.02. The zero-order chi connectivity index (χ0) is 20.4. The van der Waals surface area contributed by atoms with Gasteiger partial charge in [0.25, 0.3) is 0 Å². The van der Waals surface area contributed by atoms with Gasteiger partial charge in [-0.1, -0.05) is 36.4 Å². The number of benzene rings is 2. The molecular weight excluding hydrogens is 385 g/mol. The zero-order valence-electron chi connectivity index (χ0n) is 16.8. The minimum absolute atomic E-state index is 0.140. The minimum Gasteiger partial charge on any atom is -0.387 e. The molecule has 2 N–H and O–H groups in total. The third-order valence-electron chi connectivity index (χ3n) is 6.02. The molecule has 0 aliphatic carbocycles. The normalized spacial score (nSPS) is 24.8. The molecule has 0 radical (unpaired) electrons. The van der Waals surface area contributed by atoms with E-state index in [0.29, 0.717) is 18.2 Å². The highest BCUT2D eigenvalue weighted by atomic mass is 32.1. The number of halogens is 1. The van der Waals surface area contributed by atoms with Crippen molar-refractivity contribution >= 4 is 17.3 Å². The Morgan fingerprint density at radius 1 is 1.24 bits per heavy atom. The second kappa shape index (κ2) is 8.38. The number of thiocarbonyl (C=S) groups is 1. The second-order valence-electron chi connectivity index (χ2n) is 8.32. The Labute approximate surface area is 177 Å². The van der Waals surface area contributed by atoms with Gasteiger partial charge in [0.1, 0.15) is 5.82 Å². The van der Waals surface area contributed by atoms with E-state index < -0.39 is 5.60 Å². The standard InChI is InChI=1S/C23H28FN3OS/c1-26-12-5-11-23(28,16-26)15-25-22(29)27-13-10-17-6-2-3-9-20(17)21(27)18-7-4-8-19(24)14-18/h2-4,6-9,14,21,28H,5,10-13,15-16H2,1H3,(H,25,29)/t21-,23?/m0/s1. The predicted molar refractivity (Wildman–Crippen MR) is 117 cm³/mol. The van der Waals surface area contributed by atoms with Crippen molar-refractivity contribution < 1.29 is 9.50 Å². The van der Waals surface area contributed by atoms with E-state index in [-0.39, 0.29) is 11.9 Å². The predicted octanol–water partition coefficient (Wildman–Crippen LogP) is 3.10. The fourth-order valence-corrected chi connectivity index (χ4v) is 4.91. The van der Waals surface area contributed by atoms with E-state index in [1.54, 1.807) is 12.1 Å². The maximum absolute atomic E-state index is 14.0. The summed E-state index contributed by atoms with van der Waals surface area (Å²) in [5.41, 5.74) is 2.54. The molecule has 2 aliphatic rings. The van der Waals surface area contributed by atoms with Crippen LogP contribution < -0.4 is 5.32 Å². The number of β-amino-alcohol motifs (C(OH)–C–C–N with tert-alkyl or cyclic N) is 1. The minimum atomic E-state index is -0.779. The summed E-state index contributed by atoms with van der Waals surface area (Å²) in [7, 11) is 2.03. The Morgan fingerprint density at radius 2 is 2.07 bits per heavy atom. The molecule has 1 fully saturated rings. The number of fused-ring (bicyclic) bond motifs is 1. The number of rotatable bonds is 3. The van der Waals surface area contributed by atoms with Gasteiger partial charge in [0, 0.05) is 19.6 Å². The first-order chi connectivity index (χ1) is 14.0. The van der Waals surface area contributed by atoms with Gasteiger partial charge in [0.2, 0.25) is 0 Å². The van der Waals surface area contributed by atoms with Crippen molar-refractivity contribution in [2.75, 3.05) is 33.2 Å². The molecule has 2 aliphatic heterocycles. The summed E-state index contributed by atoms with van der Waals surface area (Å²) in [4.78, 5) is 4.28. The number of nitrogens with zero attached hydrogens (tertiary/aromatic N) is 2. The van der Waals surface area contributed by atoms with Crippen molar-refractivity contribution in [1.82, 2.24) is 15.1 Å². The van der Waals surface area contributed by atoms with E-state index >= 15 is 0 Å². The van der Waals surface area contributed by atoms with Crippen LogP contribution in [0, 0.1) is 5.82 Å². The molecule has 2 aromatic rings. The highest BCUT2D eigenvalue weighted by molar-refractivity contribution is 7.80. The molecule has 2 heterocycles. The second-order valence-corrected chi connectivity index (χ2v) is 8.71. The molecule has 29 heavy (non-hydrogen) atoms. The van der Waals surface area contributed by atoms with Crippen LogP contribution in [0.4, 0.5) is 4.39 Å². The lowest BCUT2D eigenvalue weighted by Gasteiger charge is -2.41. The first-order valence-electron chi connectivity index (χ1n) is 10.2. The van der Waals surface area contributed by atoms with Crippen molar-refractivity contribution in [3.63, 3.8) is 0 Å². The third kappa shape index (κ3) is 4.44. The zero-order valence-corrected chi connectivity index (χ0v) is 17.6. The van der Waals surface area contributed by atoms with Crippen LogP contribution in [0.15, 0.2) is 48.5 Å². The van der Waals surface area contributed by atoms with Gasteiger partial charge < -0.3 is 20.2 Å². The van der Waals surface area contributed by atoms with Gasteiger partial charge in [-0.25, -0.2) is 4.39 Å². The molecule has 0 saturated carbocycles. The Bertz CT molecular complexity index is 892. The number of aliphatic hydroxyl groups is 1. The SMILES string of the molecule is CN1CCCC(O)(CNC(=S)N2CCc3ccccc3[C@@H]2c2cccc(F)c2)C1. The summed E-state index contributed by atoms with van der Waals surface area (Å²) in [6, 6.07) is 14.9. The van der Waals surface area contributed by atoms with Crippen LogP contribution in [0.5, 0.6) is 0 Å². The van der Waals surface area contributed by atoms with E-state index in [2.05, 4.69) is 27.2 Å². The quantitative estimate of drug-likeness (QED) is 0.757. The maximum atomic E-state index is 14.0. The molecule has 1 saturated heterocycles. The van der Waals surface area contributed by atoms with Crippen LogP contribution in [0.2, 0.25) is 0 Å². The molecule has 2 atom stereocenters. The molecule has 0 spiro atoms. The summed E-state index contributed by atoms with van der Waals surface area (Å²) in [6.45, 7) is 2.82. The number of nitrogens with one attached hydrogen (secondary N) is 1. The first kappa shape index (κ1) is 20.3. The molecule has 4 rings (SSSR count). The van der Waals surface area contributed by atoms with Crippen molar-refractivity contribution in [2.24, 2.45) is 0 Å². The molecule has 6 heteroatoms. The van der Waals surface area contributed by atoms with Crippen LogP contribution in [0.1, 0.15) is 35.6 Å². The largest absolute Gasteiger partial charge is 0.387 e. The number of likely N-dealkylation sites (tertiary alicyclic amines) is 1. The summed E-state index contributed by atoms with van der Waals surface area (Å²) in [5.74, 6) is -0.246. The highest BCUT2D eigenvalue weighted by Gasteiger charge is 2.34. The van der Waals surface area contributed by atoms with Crippen LogP contribution in [0.3, 0.4) is 0 Å². The van der Waals surface area contributed by atoms with E-state index in [4.69, 9.17) is 12.2 Å². The fraction of sp³-hybridized carbons (Fsp3) is 0.435. The molecule has 0 bridgehead atoms. The molecule has 2 aromatic carbocycles. The first-order valence-corrected chi connectivity index (χ1v) is 10.6. The summed E-state index contributed by atoms with van der Waals surface area (Å²) >= 11 is 5.76. The number of piperidine rings is 1. The van der Waals surface area contributed by atoms with Crippen molar-refractivity contribution in [3.05, 3.63) is 71.0 Å². The molecule has 4 nitrogen and oxygen atoms in total. The van der Waals surface area contributed by atoms with Crippen molar-refractivity contribution in [2.45, 2.75) is 30.9 Å². The maximum Gasteiger partial charge on any atom is 0.169 e. The number of hydrogen-bond acceptors (Lipinski definition) is 3. The fourth-order valence-electron chi connectivity index (χ4n) is 4.65. The van der Waals surface area contributed by atoms with Gasteiger partial charge >= 0.3 is 0 Å². The van der Waals surface area contributed by atoms with Crippen LogP contribution >= 0.6 is 12.2 Å². The van der Waals surface area contributed by atoms with Gasteiger partial charge in [-0.05, 0) is 73.9 Å². The lowest BCUT2D eigenvalue weighted by Crippen LogP contribution is -2.55. The number of likely N-dealkylation sites (N-methyl/N-ethyl adjacent to an activating group) is 1. The molecule has 0 amide bonds. The molecule has 0 aromatic heterocycles. The summed E-state index contributed by atoms with van der Waals surface area (Å²) < 4.78 is 14.0. The van der Waals surface area contributed by atoms with Gasteiger partial charge in [0.15, 0.2) is 5.11 Å². The average Bonchev–Trinajstić information content (AvgIpc) is 2.71. The lowest BCUT2D eigenvalue weighted by molar-refractivity contribution is -0.0188. The Morgan fingerprint density at radius 3 is 2.86 bits per heavy atom. The third-order valence-corrected chi connectivity index (χ3v) is 6.40. The van der Waals surface area contributed by atoms with E-state index in [1.807, 2.05) is 25.2 Å². The van der Waals surface area contributed by atoms with Crippen LogP contribution in [-0.2, 0) is 6.42 Å². The van der Waals surface area contributed by atoms with Gasteiger partial charge in [0.05, 0.1) is 11.6 Å². The van der Waals surface area contributed by atoms with Crippen molar-refractivity contribution in [3.8, 4) is 0 Å². The Kier molecular flexibility index (Phi) is 5.86. The van der Waals surface area contributed by atoms with Gasteiger partial charge in [-0.3, -0.25) is 0 Å². The monoisotopic (exact) mass is 413 g/mol.